The van der Waals surface area contributed by atoms with Gasteiger partial charge >= 0.3 is 5.97 Å². The van der Waals surface area contributed by atoms with Crippen LogP contribution >= 0.6 is 0 Å². The van der Waals surface area contributed by atoms with E-state index in [2.05, 4.69) is 4.99 Å². The summed E-state index contributed by atoms with van der Waals surface area (Å²) in [5.41, 5.74) is 8.10. The zero-order valence-electron chi connectivity index (χ0n) is 11.2. The van der Waals surface area contributed by atoms with Crippen LogP contribution in [0.25, 0.3) is 0 Å². The third-order valence-electron chi connectivity index (χ3n) is 2.74. The Balaban J connectivity index is 1.94. The molecular weight excluding hydrogens is 252 g/mol. The number of hydrogen-bond acceptors (Lipinski definition) is 4. The lowest BCUT2D eigenvalue weighted by Gasteiger charge is -2.05. The molecule has 0 fully saturated rings. The van der Waals surface area contributed by atoms with Crippen LogP contribution in [0, 0.1) is 6.92 Å². The van der Waals surface area contributed by atoms with Crippen LogP contribution in [0.3, 0.4) is 0 Å². The molecule has 4 nitrogen and oxygen atoms in total. The van der Waals surface area contributed by atoms with E-state index in [1.807, 2.05) is 37.3 Å². The molecule has 2 aromatic rings. The molecule has 0 bridgehead atoms. The highest BCUT2D eigenvalue weighted by Gasteiger charge is 2.05. The number of nitrogens with two attached hydrogens (primary N) is 1. The van der Waals surface area contributed by atoms with Crippen LogP contribution in [0.5, 0.6) is 5.75 Å². The van der Waals surface area contributed by atoms with Crippen LogP contribution in [-0.2, 0) is 11.3 Å². The van der Waals surface area contributed by atoms with Gasteiger partial charge in [0.15, 0.2) is 0 Å². The summed E-state index contributed by atoms with van der Waals surface area (Å²) >= 11 is 0. The molecule has 0 heterocycles. The molecule has 0 amide bonds. The maximum absolute atomic E-state index is 11.7. The second kappa shape index (κ2) is 6.52. The number of esters is 1. The summed E-state index contributed by atoms with van der Waals surface area (Å²) in [7, 11) is 0. The summed E-state index contributed by atoms with van der Waals surface area (Å²) in [6.07, 6.45) is 1.19. The molecule has 2 rings (SSSR count). The van der Waals surface area contributed by atoms with Crippen molar-refractivity contribution in [1.29, 1.82) is 0 Å². The number of ether oxygens (including phenoxy) is 1. The lowest BCUT2D eigenvalue weighted by Crippen LogP contribution is -2.10. The van der Waals surface area contributed by atoms with Gasteiger partial charge < -0.3 is 10.5 Å². The van der Waals surface area contributed by atoms with Gasteiger partial charge in [-0.25, -0.2) is 4.79 Å². The lowest BCUT2D eigenvalue weighted by molar-refractivity contribution is -0.126. The number of carbonyl (C=O) groups excluding carboxylic acids is 1. The maximum atomic E-state index is 11.7. The van der Waals surface area contributed by atoms with Crippen molar-refractivity contribution in [1.82, 2.24) is 0 Å². The van der Waals surface area contributed by atoms with Gasteiger partial charge in [0, 0.05) is 11.8 Å². The number of aliphatic imine (C=N–C) groups is 1. The molecule has 2 N–H and O–H groups in total. The van der Waals surface area contributed by atoms with E-state index in [1.54, 1.807) is 18.2 Å². The first kappa shape index (κ1) is 13.8. The molecule has 0 saturated carbocycles. The first-order valence-electron chi connectivity index (χ1n) is 6.27. The second-order valence-corrected chi connectivity index (χ2v) is 4.40. The average Bonchev–Trinajstić information content (AvgIpc) is 2.44. The monoisotopic (exact) mass is 268 g/mol. The van der Waals surface area contributed by atoms with Crippen molar-refractivity contribution in [2.75, 3.05) is 5.73 Å². The SMILES string of the molecule is Cc1ccc(N)cc1OC(=O)C=NCc1ccccc1. The van der Waals surface area contributed by atoms with Crippen molar-refractivity contribution in [2.45, 2.75) is 13.5 Å². The molecular formula is C16H16N2O2. The Kier molecular flexibility index (Phi) is 4.50. The summed E-state index contributed by atoms with van der Waals surface area (Å²) in [5.74, 6) is -0.0456. The molecule has 0 aliphatic heterocycles. The van der Waals surface area contributed by atoms with E-state index in [1.165, 1.54) is 6.21 Å². The van der Waals surface area contributed by atoms with Crippen LogP contribution in [0.15, 0.2) is 53.5 Å². The van der Waals surface area contributed by atoms with Crippen molar-refractivity contribution < 1.29 is 9.53 Å². The highest BCUT2D eigenvalue weighted by molar-refractivity contribution is 6.23. The summed E-state index contributed by atoms with van der Waals surface area (Å²) in [6.45, 7) is 2.30. The van der Waals surface area contributed by atoms with E-state index in [9.17, 15) is 4.79 Å². The Morgan fingerprint density at radius 1 is 1.25 bits per heavy atom. The van der Waals surface area contributed by atoms with Crippen molar-refractivity contribution in [3.63, 3.8) is 0 Å². The van der Waals surface area contributed by atoms with Crippen LogP contribution < -0.4 is 10.5 Å². The first-order valence-corrected chi connectivity index (χ1v) is 6.27. The van der Waals surface area contributed by atoms with Crippen molar-refractivity contribution >= 4 is 17.9 Å². The van der Waals surface area contributed by atoms with Crippen molar-refractivity contribution in [2.24, 2.45) is 4.99 Å². The van der Waals surface area contributed by atoms with Gasteiger partial charge in [-0.05, 0) is 24.1 Å². The normalized spacial score (nSPS) is 10.7. The van der Waals surface area contributed by atoms with Crippen molar-refractivity contribution in [3.8, 4) is 5.75 Å². The fraction of sp³-hybridized carbons (Fsp3) is 0.125. The Labute approximate surface area is 117 Å². The minimum Gasteiger partial charge on any atom is -0.422 e. The summed E-state index contributed by atoms with van der Waals surface area (Å²) in [4.78, 5) is 15.7. The zero-order valence-corrected chi connectivity index (χ0v) is 11.2. The molecule has 4 heteroatoms. The molecule has 0 atom stereocenters. The lowest BCUT2D eigenvalue weighted by atomic mass is 10.2. The second-order valence-electron chi connectivity index (χ2n) is 4.40. The molecule has 2 aromatic carbocycles. The van der Waals surface area contributed by atoms with E-state index < -0.39 is 5.97 Å². The van der Waals surface area contributed by atoms with Crippen molar-refractivity contribution in [3.05, 3.63) is 59.7 Å². The smallest absolute Gasteiger partial charge is 0.354 e. The Bertz CT molecular complexity index is 622. The van der Waals surface area contributed by atoms with Gasteiger partial charge in [0.2, 0.25) is 0 Å². The minimum absolute atomic E-state index is 0.450. The molecule has 0 aliphatic carbocycles. The molecule has 0 spiro atoms. The van der Waals surface area contributed by atoms with Gasteiger partial charge in [-0.1, -0.05) is 36.4 Å². The third kappa shape index (κ3) is 3.95. The van der Waals surface area contributed by atoms with Gasteiger partial charge in [-0.15, -0.1) is 0 Å². The Hall–Kier alpha value is -2.62. The zero-order chi connectivity index (χ0) is 14.4. The minimum atomic E-state index is -0.505. The summed E-state index contributed by atoms with van der Waals surface area (Å²) < 4.78 is 5.20. The summed E-state index contributed by atoms with van der Waals surface area (Å²) in [5, 5.41) is 0. The number of rotatable bonds is 4. The van der Waals surface area contributed by atoms with Gasteiger partial charge in [-0.2, -0.15) is 0 Å². The van der Waals surface area contributed by atoms with Gasteiger partial charge in [0.1, 0.15) is 12.0 Å². The van der Waals surface area contributed by atoms with Gasteiger partial charge in [0.25, 0.3) is 0 Å². The van der Waals surface area contributed by atoms with Gasteiger partial charge in [0.05, 0.1) is 6.54 Å². The van der Waals surface area contributed by atoms with E-state index >= 15 is 0 Å². The predicted molar refractivity (Wildman–Crippen MR) is 79.9 cm³/mol. The van der Waals surface area contributed by atoms with Crippen LogP contribution in [0.2, 0.25) is 0 Å². The molecule has 0 unspecified atom stereocenters. The number of anilines is 1. The number of carbonyl (C=O) groups is 1. The number of nitrogens with zero attached hydrogens (tertiary/aromatic N) is 1. The van der Waals surface area contributed by atoms with E-state index in [-0.39, 0.29) is 0 Å². The molecule has 102 valence electrons. The topological polar surface area (TPSA) is 64.7 Å². The molecule has 20 heavy (non-hydrogen) atoms. The molecule has 0 radical (unpaired) electrons. The highest BCUT2D eigenvalue weighted by atomic mass is 16.5. The predicted octanol–water partition coefficient (Wildman–Crippen LogP) is 2.75. The fourth-order valence-electron chi connectivity index (χ4n) is 1.67. The largest absolute Gasteiger partial charge is 0.422 e. The van der Waals surface area contributed by atoms with Gasteiger partial charge in [-0.3, -0.25) is 4.99 Å². The number of benzene rings is 2. The molecule has 0 aliphatic rings. The van der Waals surface area contributed by atoms with E-state index in [4.69, 9.17) is 10.5 Å². The van der Waals surface area contributed by atoms with Crippen LogP contribution in [0.1, 0.15) is 11.1 Å². The molecule has 0 aromatic heterocycles. The van der Waals surface area contributed by atoms with E-state index in [0.29, 0.717) is 18.0 Å². The Morgan fingerprint density at radius 2 is 2.00 bits per heavy atom. The highest BCUT2D eigenvalue weighted by Crippen LogP contribution is 2.20. The third-order valence-corrected chi connectivity index (χ3v) is 2.74. The average molecular weight is 268 g/mol. The van der Waals surface area contributed by atoms with Crippen LogP contribution in [-0.4, -0.2) is 12.2 Å². The fourth-order valence-corrected chi connectivity index (χ4v) is 1.67. The quantitative estimate of drug-likeness (QED) is 0.401. The van der Waals surface area contributed by atoms with E-state index in [0.717, 1.165) is 11.1 Å². The first-order chi connectivity index (χ1) is 9.65. The number of hydrogen-bond donors (Lipinski definition) is 1. The number of aryl methyl sites for hydroxylation is 1. The molecule has 0 saturated heterocycles. The summed E-state index contributed by atoms with van der Waals surface area (Å²) in [6, 6.07) is 14.9. The standard InChI is InChI=1S/C16H16N2O2/c1-12-7-8-14(17)9-15(12)20-16(19)11-18-10-13-5-3-2-4-6-13/h2-9,11H,10,17H2,1H3. The Morgan fingerprint density at radius 3 is 2.75 bits per heavy atom. The maximum Gasteiger partial charge on any atom is 0.354 e. The van der Waals surface area contributed by atoms with Crippen LogP contribution in [0.4, 0.5) is 5.69 Å². The number of nitrogen functional groups attached to an aromatic ring is 1.